The van der Waals surface area contributed by atoms with Crippen molar-refractivity contribution in [3.8, 4) is 0 Å². The van der Waals surface area contributed by atoms with Crippen LogP contribution in [0.1, 0.15) is 11.1 Å². The molecule has 1 aromatic carbocycles. The Morgan fingerprint density at radius 3 is 2.67 bits per heavy atom. The number of nitrogens with one attached hydrogen (secondary N) is 1. The zero-order chi connectivity index (χ0) is 14.7. The van der Waals surface area contributed by atoms with Crippen molar-refractivity contribution >= 4 is 33.9 Å². The van der Waals surface area contributed by atoms with Gasteiger partial charge < -0.3 is 11.1 Å². The first-order valence-electron chi connectivity index (χ1n) is 6.57. The summed E-state index contributed by atoms with van der Waals surface area (Å²) in [5, 5.41) is 4.40. The van der Waals surface area contributed by atoms with Crippen LogP contribution in [0.5, 0.6) is 0 Å². The molecule has 3 aromatic rings. The van der Waals surface area contributed by atoms with Crippen molar-refractivity contribution in [1.82, 2.24) is 9.97 Å². The highest BCUT2D eigenvalue weighted by molar-refractivity contribution is 7.80. The average Bonchev–Trinajstić information content (AvgIpc) is 2.53. The van der Waals surface area contributed by atoms with E-state index in [2.05, 4.69) is 15.3 Å². The van der Waals surface area contributed by atoms with Gasteiger partial charge in [-0.15, -0.1) is 0 Å². The Kier molecular flexibility index (Phi) is 3.75. The van der Waals surface area contributed by atoms with Crippen LogP contribution in [0.15, 0.2) is 54.9 Å². The Hall–Kier alpha value is -2.53. The lowest BCUT2D eigenvalue weighted by atomic mass is 10.1. The molecule has 21 heavy (non-hydrogen) atoms. The van der Waals surface area contributed by atoms with Crippen LogP contribution in [0, 0.1) is 0 Å². The Bertz CT molecular complexity index is 796. The smallest absolute Gasteiger partial charge is 0.136 e. The number of thiocarbonyl (C=S) groups is 1. The molecule has 3 rings (SSSR count). The lowest BCUT2D eigenvalue weighted by molar-refractivity contribution is 1.11. The summed E-state index contributed by atoms with van der Waals surface area (Å²) >= 11 is 5.04. The number of anilines is 1. The van der Waals surface area contributed by atoms with Gasteiger partial charge in [0, 0.05) is 24.3 Å². The molecule has 0 aliphatic carbocycles. The number of nitrogens with zero attached hydrogens (tertiary/aromatic N) is 2. The fraction of sp³-hybridized carbons (Fsp3) is 0.0625. The van der Waals surface area contributed by atoms with Crippen LogP contribution in [-0.2, 0) is 6.54 Å². The lowest BCUT2D eigenvalue weighted by Gasteiger charge is -2.11. The predicted octanol–water partition coefficient (Wildman–Crippen LogP) is 2.88. The summed E-state index contributed by atoms with van der Waals surface area (Å²) in [7, 11) is 0. The van der Waals surface area contributed by atoms with E-state index in [1.807, 2.05) is 42.5 Å². The molecule has 4 nitrogen and oxygen atoms in total. The second-order valence-electron chi connectivity index (χ2n) is 4.61. The quantitative estimate of drug-likeness (QED) is 0.724. The zero-order valence-corrected chi connectivity index (χ0v) is 12.1. The molecule has 0 unspecified atom stereocenters. The fourth-order valence-corrected chi connectivity index (χ4v) is 2.40. The summed E-state index contributed by atoms with van der Waals surface area (Å²) < 4.78 is 0. The Morgan fingerprint density at radius 2 is 1.81 bits per heavy atom. The largest absolute Gasteiger partial charge is 0.389 e. The number of nitrogens with two attached hydrogens (primary N) is 1. The maximum absolute atomic E-state index is 5.71. The highest BCUT2D eigenvalue weighted by Gasteiger charge is 2.07. The molecule has 0 atom stereocenters. The average molecular weight is 294 g/mol. The van der Waals surface area contributed by atoms with Gasteiger partial charge in [0.25, 0.3) is 0 Å². The number of benzene rings is 1. The zero-order valence-electron chi connectivity index (χ0n) is 11.3. The van der Waals surface area contributed by atoms with Crippen molar-refractivity contribution in [2.75, 3.05) is 5.32 Å². The molecule has 0 bridgehead atoms. The summed E-state index contributed by atoms with van der Waals surface area (Å²) in [4.78, 5) is 9.07. The van der Waals surface area contributed by atoms with Crippen molar-refractivity contribution in [3.63, 3.8) is 0 Å². The number of aromatic nitrogens is 2. The maximum Gasteiger partial charge on any atom is 0.136 e. The standard InChI is InChI=1S/C16H14N4S/c17-15(21)13-7-3-9-19-16(13)20-10-12-5-1-4-11-6-2-8-18-14(11)12/h1-9H,10H2,(H2,17,21)(H,19,20). The second kappa shape index (κ2) is 5.85. The molecule has 0 aliphatic rings. The third kappa shape index (κ3) is 2.83. The first-order valence-corrected chi connectivity index (χ1v) is 6.98. The summed E-state index contributed by atoms with van der Waals surface area (Å²) in [6, 6.07) is 13.8. The molecule has 0 saturated carbocycles. The molecule has 2 aromatic heterocycles. The Labute approximate surface area is 128 Å². The van der Waals surface area contributed by atoms with Gasteiger partial charge in [0.15, 0.2) is 0 Å². The predicted molar refractivity (Wildman–Crippen MR) is 89.2 cm³/mol. The highest BCUT2D eigenvalue weighted by Crippen LogP contribution is 2.18. The van der Waals surface area contributed by atoms with Crippen LogP contribution in [0.4, 0.5) is 5.82 Å². The number of rotatable bonds is 4. The number of hydrogen-bond donors (Lipinski definition) is 2. The first-order chi connectivity index (χ1) is 10.3. The molecule has 0 fully saturated rings. The maximum atomic E-state index is 5.71. The fourth-order valence-electron chi connectivity index (χ4n) is 2.23. The molecule has 3 N–H and O–H groups in total. The molecular formula is C16H14N4S. The van der Waals surface area contributed by atoms with Gasteiger partial charge in [-0.2, -0.15) is 0 Å². The molecule has 0 amide bonds. The van der Waals surface area contributed by atoms with Crippen LogP contribution in [0.25, 0.3) is 10.9 Å². The minimum absolute atomic E-state index is 0.335. The van der Waals surface area contributed by atoms with Gasteiger partial charge in [-0.05, 0) is 23.8 Å². The van der Waals surface area contributed by atoms with Gasteiger partial charge in [-0.1, -0.05) is 36.5 Å². The summed E-state index contributed by atoms with van der Waals surface area (Å²) in [6.07, 6.45) is 3.51. The van der Waals surface area contributed by atoms with E-state index in [4.69, 9.17) is 18.0 Å². The number of pyridine rings is 2. The molecule has 104 valence electrons. The van der Waals surface area contributed by atoms with Crippen molar-refractivity contribution in [2.45, 2.75) is 6.54 Å². The minimum atomic E-state index is 0.335. The molecular weight excluding hydrogens is 280 g/mol. The van der Waals surface area contributed by atoms with E-state index >= 15 is 0 Å². The third-order valence-corrected chi connectivity index (χ3v) is 3.46. The van der Waals surface area contributed by atoms with Crippen LogP contribution < -0.4 is 11.1 Å². The van der Waals surface area contributed by atoms with Crippen molar-refractivity contribution in [3.05, 3.63) is 66.0 Å². The highest BCUT2D eigenvalue weighted by atomic mass is 32.1. The van der Waals surface area contributed by atoms with E-state index in [1.54, 1.807) is 12.4 Å². The normalized spacial score (nSPS) is 10.5. The van der Waals surface area contributed by atoms with E-state index < -0.39 is 0 Å². The number of para-hydroxylation sites is 1. The van der Waals surface area contributed by atoms with Crippen LogP contribution in [-0.4, -0.2) is 15.0 Å². The minimum Gasteiger partial charge on any atom is -0.389 e. The molecule has 0 aliphatic heterocycles. The van der Waals surface area contributed by atoms with E-state index in [0.29, 0.717) is 17.4 Å². The summed E-state index contributed by atoms with van der Waals surface area (Å²) in [6.45, 7) is 0.612. The molecule has 0 saturated heterocycles. The van der Waals surface area contributed by atoms with Crippen molar-refractivity contribution in [1.29, 1.82) is 0 Å². The SMILES string of the molecule is NC(=S)c1cccnc1NCc1cccc2cccnc12. The number of fused-ring (bicyclic) bond motifs is 1. The number of hydrogen-bond acceptors (Lipinski definition) is 4. The monoisotopic (exact) mass is 294 g/mol. The van der Waals surface area contributed by atoms with Gasteiger partial charge in [-0.25, -0.2) is 4.98 Å². The summed E-state index contributed by atoms with van der Waals surface area (Å²) in [5.74, 6) is 0.693. The lowest BCUT2D eigenvalue weighted by Crippen LogP contribution is -2.14. The van der Waals surface area contributed by atoms with E-state index in [1.165, 1.54) is 0 Å². The molecule has 2 heterocycles. The molecule has 0 radical (unpaired) electrons. The van der Waals surface area contributed by atoms with E-state index in [9.17, 15) is 0 Å². The topological polar surface area (TPSA) is 63.8 Å². The van der Waals surface area contributed by atoms with Gasteiger partial charge in [0.05, 0.1) is 11.1 Å². The van der Waals surface area contributed by atoms with Crippen LogP contribution >= 0.6 is 12.2 Å². The van der Waals surface area contributed by atoms with E-state index in [-0.39, 0.29) is 0 Å². The van der Waals surface area contributed by atoms with Crippen LogP contribution in [0.3, 0.4) is 0 Å². The Balaban J connectivity index is 1.89. The third-order valence-electron chi connectivity index (χ3n) is 3.24. The summed E-state index contributed by atoms with van der Waals surface area (Å²) in [5.41, 5.74) is 8.55. The van der Waals surface area contributed by atoms with Gasteiger partial charge in [0.2, 0.25) is 0 Å². The van der Waals surface area contributed by atoms with Gasteiger partial charge >= 0.3 is 0 Å². The van der Waals surface area contributed by atoms with E-state index in [0.717, 1.165) is 22.0 Å². The van der Waals surface area contributed by atoms with Gasteiger partial charge in [0.1, 0.15) is 10.8 Å². The van der Waals surface area contributed by atoms with Crippen molar-refractivity contribution < 1.29 is 0 Å². The van der Waals surface area contributed by atoms with Crippen molar-refractivity contribution in [2.24, 2.45) is 5.73 Å². The van der Waals surface area contributed by atoms with Gasteiger partial charge in [-0.3, -0.25) is 4.98 Å². The molecule has 5 heteroatoms. The van der Waals surface area contributed by atoms with Crippen LogP contribution in [0.2, 0.25) is 0 Å². The molecule has 0 spiro atoms. The first kappa shape index (κ1) is 13.5. The second-order valence-corrected chi connectivity index (χ2v) is 5.05. The Morgan fingerprint density at radius 1 is 1.05 bits per heavy atom.